The molecule has 2 N–H and O–H groups in total. The first-order valence-corrected chi connectivity index (χ1v) is 7.41. The summed E-state index contributed by atoms with van der Waals surface area (Å²) in [7, 11) is 0. The van der Waals surface area contributed by atoms with Crippen LogP contribution < -0.4 is 10.5 Å². The maximum Gasteiger partial charge on any atom is 0.151 e. The highest BCUT2D eigenvalue weighted by atomic mass is 32.2. The molecule has 0 bridgehead atoms. The number of fused-ring (bicyclic) bond motifs is 1. The molecule has 1 heterocycles. The zero-order valence-electron chi connectivity index (χ0n) is 9.97. The van der Waals surface area contributed by atoms with Gasteiger partial charge in [0.25, 0.3) is 0 Å². The Hall–Kier alpha value is -0.780. The molecule has 2 rings (SSSR count). The number of nitrogens with zero attached hydrogens (tertiary/aromatic N) is 1. The van der Waals surface area contributed by atoms with Gasteiger partial charge >= 0.3 is 0 Å². The number of aromatic nitrogens is 1. The number of rotatable bonds is 5. The Balaban J connectivity index is 2.18. The Labute approximate surface area is 109 Å². The standard InChI is InChI=1S/C12H16N2OS2/c1-3-15-9-4-5-10-11(6-9)17-12(14-10)16-7-8(2)13/h4-6,8H,3,7,13H2,1-2H3/t8-/m1/s1. The van der Waals surface area contributed by atoms with E-state index in [1.165, 1.54) is 4.70 Å². The lowest BCUT2D eigenvalue weighted by atomic mass is 10.3. The maximum absolute atomic E-state index is 5.73. The van der Waals surface area contributed by atoms with Gasteiger partial charge in [0.15, 0.2) is 4.34 Å². The molecule has 0 aliphatic carbocycles. The summed E-state index contributed by atoms with van der Waals surface area (Å²) in [5.74, 6) is 1.81. The molecule has 0 amide bonds. The highest BCUT2D eigenvalue weighted by Gasteiger charge is 2.06. The first-order chi connectivity index (χ1) is 8.19. The third-order valence-corrected chi connectivity index (χ3v) is 4.57. The van der Waals surface area contributed by atoms with Crippen molar-refractivity contribution < 1.29 is 4.74 Å². The average molecular weight is 268 g/mol. The Morgan fingerprint density at radius 2 is 2.35 bits per heavy atom. The first-order valence-electron chi connectivity index (χ1n) is 5.61. The first kappa shape index (κ1) is 12.7. The van der Waals surface area contributed by atoms with Crippen molar-refractivity contribution in [3.8, 4) is 5.75 Å². The van der Waals surface area contributed by atoms with E-state index in [2.05, 4.69) is 4.98 Å². The van der Waals surface area contributed by atoms with Gasteiger partial charge in [0.1, 0.15) is 5.75 Å². The highest BCUT2D eigenvalue weighted by Crippen LogP contribution is 2.31. The summed E-state index contributed by atoms with van der Waals surface area (Å²) in [5.41, 5.74) is 6.77. The SMILES string of the molecule is CCOc1ccc2nc(SC[C@@H](C)N)sc2c1. The summed E-state index contributed by atoms with van der Waals surface area (Å²) in [5, 5.41) is 0. The normalized spacial score (nSPS) is 12.9. The molecule has 3 nitrogen and oxygen atoms in total. The molecule has 0 spiro atoms. The fourth-order valence-electron chi connectivity index (χ4n) is 1.40. The number of hydrogen-bond donors (Lipinski definition) is 1. The van der Waals surface area contributed by atoms with E-state index >= 15 is 0 Å². The Morgan fingerprint density at radius 3 is 3.06 bits per heavy atom. The van der Waals surface area contributed by atoms with Crippen molar-refractivity contribution in [3.63, 3.8) is 0 Å². The van der Waals surface area contributed by atoms with Crippen LogP contribution in [0.3, 0.4) is 0 Å². The largest absolute Gasteiger partial charge is 0.494 e. The van der Waals surface area contributed by atoms with E-state index in [0.29, 0.717) is 6.61 Å². The van der Waals surface area contributed by atoms with Gasteiger partial charge < -0.3 is 10.5 Å². The number of ether oxygens (including phenoxy) is 1. The van der Waals surface area contributed by atoms with Crippen LogP contribution in [0.15, 0.2) is 22.5 Å². The van der Waals surface area contributed by atoms with Crippen LogP contribution >= 0.6 is 23.1 Å². The van der Waals surface area contributed by atoms with Crippen molar-refractivity contribution in [2.24, 2.45) is 5.73 Å². The van der Waals surface area contributed by atoms with Gasteiger partial charge in [-0.25, -0.2) is 4.98 Å². The van der Waals surface area contributed by atoms with Gasteiger partial charge in [-0.3, -0.25) is 0 Å². The van der Waals surface area contributed by atoms with Crippen molar-refractivity contribution >= 4 is 33.3 Å². The Kier molecular flexibility index (Phi) is 4.25. The van der Waals surface area contributed by atoms with Crippen molar-refractivity contribution in [2.45, 2.75) is 24.2 Å². The fourth-order valence-corrected chi connectivity index (χ4v) is 3.41. The molecule has 2 aromatic rings. The third kappa shape index (κ3) is 3.34. The summed E-state index contributed by atoms with van der Waals surface area (Å²) in [6.45, 7) is 4.69. The predicted molar refractivity (Wildman–Crippen MR) is 75.2 cm³/mol. The van der Waals surface area contributed by atoms with E-state index in [4.69, 9.17) is 10.5 Å². The minimum absolute atomic E-state index is 0.200. The van der Waals surface area contributed by atoms with Gasteiger partial charge in [0.05, 0.1) is 16.8 Å². The van der Waals surface area contributed by atoms with Gasteiger partial charge in [-0.05, 0) is 32.0 Å². The molecule has 1 atom stereocenters. The van der Waals surface area contributed by atoms with Crippen LogP contribution in [0.5, 0.6) is 5.75 Å². The van der Waals surface area contributed by atoms with Crippen LogP contribution in [-0.2, 0) is 0 Å². The zero-order chi connectivity index (χ0) is 12.3. The molecule has 5 heteroatoms. The van der Waals surface area contributed by atoms with Crippen LogP contribution in [0.25, 0.3) is 10.2 Å². The number of benzene rings is 1. The van der Waals surface area contributed by atoms with E-state index in [9.17, 15) is 0 Å². The van der Waals surface area contributed by atoms with E-state index < -0.39 is 0 Å². The van der Waals surface area contributed by atoms with Gasteiger partial charge in [0.2, 0.25) is 0 Å². The average Bonchev–Trinajstić information content (AvgIpc) is 2.69. The number of thioether (sulfide) groups is 1. The fraction of sp³-hybridized carbons (Fsp3) is 0.417. The highest BCUT2D eigenvalue weighted by molar-refractivity contribution is 8.01. The van der Waals surface area contributed by atoms with Gasteiger partial charge in [-0.15, -0.1) is 11.3 Å². The predicted octanol–water partition coefficient (Wildman–Crippen LogP) is 3.13. The lowest BCUT2D eigenvalue weighted by Crippen LogP contribution is -2.17. The second-order valence-electron chi connectivity index (χ2n) is 3.83. The molecule has 0 fully saturated rings. The topological polar surface area (TPSA) is 48.1 Å². The number of thiazole rings is 1. The molecule has 0 aliphatic rings. The molecule has 1 aromatic carbocycles. The van der Waals surface area contributed by atoms with Gasteiger partial charge in [0, 0.05) is 11.8 Å². The van der Waals surface area contributed by atoms with Crippen molar-refractivity contribution in [2.75, 3.05) is 12.4 Å². The van der Waals surface area contributed by atoms with Crippen molar-refractivity contribution in [3.05, 3.63) is 18.2 Å². The quantitative estimate of drug-likeness (QED) is 0.846. The maximum atomic E-state index is 5.73. The molecule has 17 heavy (non-hydrogen) atoms. The van der Waals surface area contributed by atoms with Crippen LogP contribution in [0.4, 0.5) is 0 Å². The Morgan fingerprint density at radius 1 is 1.53 bits per heavy atom. The third-order valence-electron chi connectivity index (χ3n) is 2.12. The molecule has 0 unspecified atom stereocenters. The summed E-state index contributed by atoms with van der Waals surface area (Å²) >= 11 is 3.41. The smallest absolute Gasteiger partial charge is 0.151 e. The molecule has 0 saturated carbocycles. The lowest BCUT2D eigenvalue weighted by molar-refractivity contribution is 0.341. The van der Waals surface area contributed by atoms with Crippen LogP contribution in [0.2, 0.25) is 0 Å². The van der Waals surface area contributed by atoms with E-state index in [1.54, 1.807) is 23.1 Å². The van der Waals surface area contributed by atoms with Crippen LogP contribution in [0, 0.1) is 0 Å². The molecule has 1 aromatic heterocycles. The van der Waals surface area contributed by atoms with Crippen LogP contribution in [0.1, 0.15) is 13.8 Å². The van der Waals surface area contributed by atoms with Crippen molar-refractivity contribution in [1.29, 1.82) is 0 Å². The van der Waals surface area contributed by atoms with Crippen molar-refractivity contribution in [1.82, 2.24) is 4.98 Å². The minimum atomic E-state index is 0.200. The van der Waals surface area contributed by atoms with Gasteiger partial charge in [-0.2, -0.15) is 0 Å². The minimum Gasteiger partial charge on any atom is -0.494 e. The van der Waals surface area contributed by atoms with Crippen LogP contribution in [-0.4, -0.2) is 23.4 Å². The molecule has 0 saturated heterocycles. The lowest BCUT2D eigenvalue weighted by Gasteiger charge is -2.00. The van der Waals surface area contributed by atoms with Gasteiger partial charge in [-0.1, -0.05) is 11.8 Å². The zero-order valence-corrected chi connectivity index (χ0v) is 11.6. The van der Waals surface area contributed by atoms with E-state index in [-0.39, 0.29) is 6.04 Å². The molecule has 92 valence electrons. The summed E-state index contributed by atoms with van der Waals surface area (Å²) in [6.07, 6.45) is 0. The van der Waals surface area contributed by atoms with E-state index in [1.807, 2.05) is 32.0 Å². The summed E-state index contributed by atoms with van der Waals surface area (Å²) in [4.78, 5) is 4.56. The summed E-state index contributed by atoms with van der Waals surface area (Å²) in [6, 6.07) is 6.22. The second kappa shape index (κ2) is 5.71. The number of nitrogens with two attached hydrogens (primary N) is 1. The monoisotopic (exact) mass is 268 g/mol. The molecular weight excluding hydrogens is 252 g/mol. The number of hydrogen-bond acceptors (Lipinski definition) is 5. The second-order valence-corrected chi connectivity index (χ2v) is 6.13. The Bertz CT molecular complexity index is 496. The summed E-state index contributed by atoms with van der Waals surface area (Å²) < 4.78 is 7.72. The van der Waals surface area contributed by atoms with E-state index in [0.717, 1.165) is 21.4 Å². The molecule has 0 aliphatic heterocycles. The molecule has 0 radical (unpaired) electrons. The molecular formula is C12H16N2OS2.